The Bertz CT molecular complexity index is 687. The lowest BCUT2D eigenvalue weighted by molar-refractivity contribution is -0.141. The number of likely N-dealkylation sites (tertiary alicyclic amines) is 1. The van der Waals surface area contributed by atoms with E-state index in [1.807, 2.05) is 38.9 Å². The molecule has 23 heavy (non-hydrogen) atoms. The van der Waals surface area contributed by atoms with E-state index in [9.17, 15) is 4.79 Å². The number of hydrogen-bond acceptors (Lipinski definition) is 4. The summed E-state index contributed by atoms with van der Waals surface area (Å²) in [6, 6.07) is 0. The van der Waals surface area contributed by atoms with E-state index >= 15 is 0 Å². The fraction of sp³-hybridized carbons (Fsp3) is 0.625. The summed E-state index contributed by atoms with van der Waals surface area (Å²) in [4.78, 5) is 23.5. The van der Waals surface area contributed by atoms with Gasteiger partial charge in [0, 0.05) is 32.3 Å². The van der Waals surface area contributed by atoms with Crippen LogP contribution in [0.4, 0.5) is 0 Å². The first-order valence-corrected chi connectivity index (χ1v) is 8.04. The lowest BCUT2D eigenvalue weighted by Crippen LogP contribution is -2.50. The summed E-state index contributed by atoms with van der Waals surface area (Å²) in [6.45, 7) is 7.28. The first-order valence-electron chi connectivity index (χ1n) is 8.04. The van der Waals surface area contributed by atoms with Crippen LogP contribution in [0.3, 0.4) is 0 Å². The molecule has 1 fully saturated rings. The van der Waals surface area contributed by atoms with E-state index in [1.54, 1.807) is 11.0 Å². The van der Waals surface area contributed by atoms with E-state index in [2.05, 4.69) is 19.6 Å². The van der Waals surface area contributed by atoms with Crippen LogP contribution in [-0.4, -0.2) is 48.2 Å². The van der Waals surface area contributed by atoms with Crippen LogP contribution in [0, 0.1) is 6.92 Å². The number of hydrogen-bond donors (Lipinski definition) is 0. The van der Waals surface area contributed by atoms with Gasteiger partial charge in [-0.25, -0.2) is 14.6 Å². The van der Waals surface area contributed by atoms with Gasteiger partial charge in [-0.05, 0) is 33.6 Å². The minimum absolute atomic E-state index is 0.0821. The van der Waals surface area contributed by atoms with Crippen LogP contribution in [0.5, 0.6) is 0 Å². The molecule has 2 aromatic rings. The van der Waals surface area contributed by atoms with Gasteiger partial charge in [0.25, 0.3) is 0 Å². The maximum atomic E-state index is 13.0. The average Bonchev–Trinajstić information content (AvgIpc) is 3.16. The SMILES string of the molecule is Cc1cn(C)c(C2CCCN(C(=O)C(C)(C)n3cncn3)C2)n1. The van der Waals surface area contributed by atoms with Crippen molar-refractivity contribution in [3.8, 4) is 0 Å². The fourth-order valence-electron chi connectivity index (χ4n) is 3.37. The van der Waals surface area contributed by atoms with Gasteiger partial charge in [-0.3, -0.25) is 4.79 Å². The van der Waals surface area contributed by atoms with Crippen LogP contribution in [0.15, 0.2) is 18.9 Å². The third-order valence-corrected chi connectivity index (χ3v) is 4.62. The molecule has 3 heterocycles. The van der Waals surface area contributed by atoms with E-state index in [0.717, 1.165) is 30.9 Å². The number of piperidine rings is 1. The molecule has 0 aliphatic carbocycles. The van der Waals surface area contributed by atoms with Crippen molar-refractivity contribution in [3.05, 3.63) is 30.4 Å². The van der Waals surface area contributed by atoms with Gasteiger partial charge in [-0.2, -0.15) is 5.10 Å². The van der Waals surface area contributed by atoms with Crippen LogP contribution < -0.4 is 0 Å². The highest BCUT2D eigenvalue weighted by Gasteiger charge is 2.37. The number of carbonyl (C=O) groups is 1. The third kappa shape index (κ3) is 2.87. The molecule has 7 nitrogen and oxygen atoms in total. The predicted molar refractivity (Wildman–Crippen MR) is 85.8 cm³/mol. The zero-order valence-corrected chi connectivity index (χ0v) is 14.2. The van der Waals surface area contributed by atoms with Crippen LogP contribution >= 0.6 is 0 Å². The van der Waals surface area contributed by atoms with Crippen LogP contribution in [0.25, 0.3) is 0 Å². The Kier molecular flexibility index (Phi) is 3.95. The number of amides is 1. The van der Waals surface area contributed by atoms with Crippen molar-refractivity contribution in [2.24, 2.45) is 7.05 Å². The molecule has 3 rings (SSSR count). The topological polar surface area (TPSA) is 68.8 Å². The predicted octanol–water partition coefficient (Wildman–Crippen LogP) is 1.46. The number of aromatic nitrogens is 5. The Morgan fingerprint density at radius 1 is 1.39 bits per heavy atom. The molecule has 0 aromatic carbocycles. The third-order valence-electron chi connectivity index (χ3n) is 4.62. The zero-order valence-electron chi connectivity index (χ0n) is 14.2. The van der Waals surface area contributed by atoms with Crippen molar-refractivity contribution in [3.63, 3.8) is 0 Å². The summed E-state index contributed by atoms with van der Waals surface area (Å²) in [7, 11) is 2.02. The van der Waals surface area contributed by atoms with Gasteiger partial charge in [0.2, 0.25) is 5.91 Å². The summed E-state index contributed by atoms with van der Waals surface area (Å²) in [5, 5.41) is 4.14. The van der Waals surface area contributed by atoms with Crippen molar-refractivity contribution in [1.29, 1.82) is 0 Å². The smallest absolute Gasteiger partial charge is 0.250 e. The number of carbonyl (C=O) groups excluding carboxylic acids is 1. The van der Waals surface area contributed by atoms with Gasteiger partial charge in [-0.15, -0.1) is 0 Å². The van der Waals surface area contributed by atoms with Gasteiger partial charge in [-0.1, -0.05) is 0 Å². The second-order valence-corrected chi connectivity index (χ2v) is 6.84. The molecule has 0 N–H and O–H groups in total. The van der Waals surface area contributed by atoms with Crippen LogP contribution in [-0.2, 0) is 17.4 Å². The van der Waals surface area contributed by atoms with Gasteiger partial charge < -0.3 is 9.47 Å². The molecule has 1 aliphatic rings. The maximum absolute atomic E-state index is 13.0. The van der Waals surface area contributed by atoms with Gasteiger partial charge in [0.05, 0.1) is 5.69 Å². The zero-order chi connectivity index (χ0) is 16.6. The molecule has 1 unspecified atom stereocenters. The minimum atomic E-state index is -0.726. The van der Waals surface area contributed by atoms with E-state index in [1.165, 1.54) is 6.33 Å². The van der Waals surface area contributed by atoms with Crippen molar-refractivity contribution < 1.29 is 4.79 Å². The molecule has 0 bridgehead atoms. The first-order chi connectivity index (χ1) is 10.9. The normalized spacial score (nSPS) is 19.1. The number of aryl methyl sites for hydroxylation is 2. The molecule has 0 spiro atoms. The fourth-order valence-corrected chi connectivity index (χ4v) is 3.37. The largest absolute Gasteiger partial charge is 0.340 e. The van der Waals surface area contributed by atoms with E-state index < -0.39 is 5.54 Å². The van der Waals surface area contributed by atoms with Crippen molar-refractivity contribution in [2.75, 3.05) is 13.1 Å². The van der Waals surface area contributed by atoms with Gasteiger partial charge in [0.1, 0.15) is 24.0 Å². The molecule has 1 amide bonds. The highest BCUT2D eigenvalue weighted by atomic mass is 16.2. The van der Waals surface area contributed by atoms with Crippen molar-refractivity contribution in [1.82, 2.24) is 29.2 Å². The molecular weight excluding hydrogens is 292 g/mol. The summed E-state index contributed by atoms with van der Waals surface area (Å²) >= 11 is 0. The van der Waals surface area contributed by atoms with Crippen LogP contribution in [0.1, 0.15) is 44.1 Å². The molecule has 1 atom stereocenters. The Hall–Kier alpha value is -2.18. The summed E-state index contributed by atoms with van der Waals surface area (Å²) in [5.41, 5.74) is 0.296. The molecule has 0 saturated carbocycles. The molecular formula is C16H24N6O. The van der Waals surface area contributed by atoms with Gasteiger partial charge >= 0.3 is 0 Å². The standard InChI is InChI=1S/C16H24N6O/c1-12-8-20(4)14(19-12)13-6-5-7-21(9-13)15(23)16(2,3)22-11-17-10-18-22/h8,10-11,13H,5-7,9H2,1-4H3. The van der Waals surface area contributed by atoms with E-state index in [-0.39, 0.29) is 11.8 Å². The summed E-state index contributed by atoms with van der Waals surface area (Å²) in [5.74, 6) is 1.44. The Balaban J connectivity index is 1.78. The quantitative estimate of drug-likeness (QED) is 0.860. The molecule has 2 aromatic heterocycles. The Labute approximate surface area is 136 Å². The number of imidazole rings is 1. The molecule has 124 valence electrons. The van der Waals surface area contributed by atoms with Crippen molar-refractivity contribution >= 4 is 5.91 Å². The van der Waals surface area contributed by atoms with E-state index in [4.69, 9.17) is 0 Å². The second kappa shape index (κ2) is 5.79. The van der Waals surface area contributed by atoms with Gasteiger partial charge in [0.15, 0.2) is 0 Å². The number of nitrogens with zero attached hydrogens (tertiary/aromatic N) is 6. The highest BCUT2D eigenvalue weighted by molar-refractivity contribution is 5.83. The maximum Gasteiger partial charge on any atom is 0.250 e. The van der Waals surface area contributed by atoms with E-state index in [0.29, 0.717) is 6.54 Å². The Morgan fingerprint density at radius 2 is 2.17 bits per heavy atom. The molecule has 1 aliphatic heterocycles. The summed E-state index contributed by atoms with van der Waals surface area (Å²) < 4.78 is 3.71. The lowest BCUT2D eigenvalue weighted by Gasteiger charge is -2.37. The van der Waals surface area contributed by atoms with Crippen LogP contribution in [0.2, 0.25) is 0 Å². The molecule has 1 saturated heterocycles. The summed E-state index contributed by atoms with van der Waals surface area (Å²) in [6.07, 6.45) is 7.16. The highest BCUT2D eigenvalue weighted by Crippen LogP contribution is 2.28. The number of rotatable bonds is 3. The minimum Gasteiger partial charge on any atom is -0.340 e. The lowest BCUT2D eigenvalue weighted by atomic mass is 9.94. The second-order valence-electron chi connectivity index (χ2n) is 6.84. The molecule has 0 radical (unpaired) electrons. The molecule has 7 heteroatoms. The Morgan fingerprint density at radius 3 is 2.78 bits per heavy atom. The first kappa shape index (κ1) is 15.7. The monoisotopic (exact) mass is 316 g/mol. The van der Waals surface area contributed by atoms with Crippen molar-refractivity contribution in [2.45, 2.75) is 45.1 Å². The average molecular weight is 316 g/mol.